The van der Waals surface area contributed by atoms with E-state index in [-0.39, 0.29) is 30.8 Å². The van der Waals surface area contributed by atoms with Gasteiger partial charge in [0.15, 0.2) is 6.04 Å². The Kier molecular flexibility index (Phi) is 3.81. The van der Waals surface area contributed by atoms with Gasteiger partial charge in [0.2, 0.25) is 11.8 Å². The first-order valence-electron chi connectivity index (χ1n) is 5.86. The molecule has 2 aliphatic heterocycles. The van der Waals surface area contributed by atoms with Crippen molar-refractivity contribution in [3.8, 4) is 0 Å². The number of hydrogen-bond acceptors (Lipinski definition) is 5. The molecule has 0 radical (unpaired) electrons. The molecule has 2 saturated heterocycles. The van der Waals surface area contributed by atoms with Crippen LogP contribution in [0, 0.1) is 5.92 Å². The third-order valence-corrected chi connectivity index (χ3v) is 3.21. The average Bonchev–Trinajstić information content (AvgIpc) is 2.83. The predicted octanol–water partition coefficient (Wildman–Crippen LogP) is -1.48. The van der Waals surface area contributed by atoms with E-state index in [0.29, 0.717) is 19.7 Å². The van der Waals surface area contributed by atoms with Gasteiger partial charge >= 0.3 is 5.97 Å². The zero-order chi connectivity index (χ0) is 13.1. The number of rotatable bonds is 2. The van der Waals surface area contributed by atoms with Gasteiger partial charge in [0.05, 0.1) is 26.2 Å². The maximum atomic E-state index is 12.2. The molecule has 2 atom stereocenters. The minimum Gasteiger partial charge on any atom is -0.467 e. The number of ether oxygens (including phenoxy) is 2. The Morgan fingerprint density at radius 3 is 2.89 bits per heavy atom. The van der Waals surface area contributed by atoms with Crippen LogP contribution in [0.3, 0.4) is 0 Å². The summed E-state index contributed by atoms with van der Waals surface area (Å²) in [7, 11) is 1.28. The number of morpholine rings is 1. The van der Waals surface area contributed by atoms with Crippen LogP contribution in [0.2, 0.25) is 0 Å². The second kappa shape index (κ2) is 5.34. The lowest BCUT2D eigenvalue weighted by atomic mass is 10.1. The highest BCUT2D eigenvalue weighted by molar-refractivity contribution is 5.91. The molecule has 100 valence electrons. The predicted molar refractivity (Wildman–Crippen MR) is 59.5 cm³/mol. The molecule has 7 nitrogen and oxygen atoms in total. The summed E-state index contributed by atoms with van der Waals surface area (Å²) in [6, 6.07) is -0.702. The second-order valence-electron chi connectivity index (χ2n) is 4.35. The molecule has 2 aliphatic rings. The number of carbonyl (C=O) groups is 3. The normalized spacial score (nSPS) is 27.8. The van der Waals surface area contributed by atoms with Gasteiger partial charge in [-0.05, 0) is 0 Å². The molecule has 1 N–H and O–H groups in total. The molecule has 0 aromatic heterocycles. The van der Waals surface area contributed by atoms with E-state index in [1.165, 1.54) is 12.0 Å². The number of methoxy groups -OCH3 is 1. The monoisotopic (exact) mass is 256 g/mol. The summed E-state index contributed by atoms with van der Waals surface area (Å²) in [6.45, 7) is 1.23. The average molecular weight is 256 g/mol. The number of nitrogens with one attached hydrogen (secondary N) is 1. The van der Waals surface area contributed by atoms with Crippen molar-refractivity contribution in [2.24, 2.45) is 5.92 Å². The molecule has 0 aromatic carbocycles. The standard InChI is InChI=1S/C11H16N2O5/c1-17-11(16)8-6-18-3-2-13(8)10(15)7-4-9(14)12-5-7/h7-8H,2-6H2,1H3,(H,12,14). The summed E-state index contributed by atoms with van der Waals surface area (Å²) in [5, 5.41) is 2.61. The molecule has 2 rings (SSSR count). The first kappa shape index (κ1) is 12.8. The molecule has 2 amide bonds. The second-order valence-corrected chi connectivity index (χ2v) is 4.35. The molecule has 18 heavy (non-hydrogen) atoms. The van der Waals surface area contributed by atoms with Gasteiger partial charge in [-0.25, -0.2) is 4.79 Å². The molecular formula is C11H16N2O5. The topological polar surface area (TPSA) is 84.9 Å². The third kappa shape index (κ3) is 2.45. The summed E-state index contributed by atoms with van der Waals surface area (Å²) in [6.07, 6.45) is 0.185. The van der Waals surface area contributed by atoms with Crippen molar-refractivity contribution in [3.63, 3.8) is 0 Å². The van der Waals surface area contributed by atoms with Gasteiger partial charge in [0.1, 0.15) is 0 Å². The minimum absolute atomic E-state index is 0.128. The summed E-state index contributed by atoms with van der Waals surface area (Å²) in [5.41, 5.74) is 0. The van der Waals surface area contributed by atoms with Crippen LogP contribution >= 0.6 is 0 Å². The number of hydrogen-bond donors (Lipinski definition) is 1. The SMILES string of the molecule is COC(=O)C1COCCN1C(=O)C1CNC(=O)C1. The van der Waals surface area contributed by atoms with E-state index in [1.54, 1.807) is 0 Å². The molecule has 0 spiro atoms. The maximum Gasteiger partial charge on any atom is 0.331 e. The molecule has 0 bridgehead atoms. The van der Waals surface area contributed by atoms with Gasteiger partial charge in [0, 0.05) is 19.5 Å². The highest BCUT2D eigenvalue weighted by Crippen LogP contribution is 2.17. The van der Waals surface area contributed by atoms with E-state index >= 15 is 0 Å². The van der Waals surface area contributed by atoms with E-state index in [2.05, 4.69) is 10.1 Å². The Labute approximate surface area is 104 Å². The Hall–Kier alpha value is -1.63. The Bertz CT molecular complexity index is 370. The van der Waals surface area contributed by atoms with Gasteiger partial charge in [-0.1, -0.05) is 0 Å². The van der Waals surface area contributed by atoms with Crippen molar-refractivity contribution < 1.29 is 23.9 Å². The molecule has 2 fully saturated rings. The molecule has 0 aromatic rings. The van der Waals surface area contributed by atoms with Gasteiger partial charge in [-0.15, -0.1) is 0 Å². The summed E-state index contributed by atoms with van der Waals surface area (Å²) >= 11 is 0. The third-order valence-electron chi connectivity index (χ3n) is 3.21. The van der Waals surface area contributed by atoms with Crippen LogP contribution < -0.4 is 5.32 Å². The van der Waals surface area contributed by atoms with Crippen molar-refractivity contribution in [3.05, 3.63) is 0 Å². The van der Waals surface area contributed by atoms with Gasteiger partial charge in [0.25, 0.3) is 0 Å². The minimum atomic E-state index is -0.702. The van der Waals surface area contributed by atoms with E-state index in [0.717, 1.165) is 0 Å². The number of amides is 2. The Morgan fingerprint density at radius 1 is 1.50 bits per heavy atom. The van der Waals surface area contributed by atoms with Crippen molar-refractivity contribution in [1.29, 1.82) is 0 Å². The van der Waals surface area contributed by atoms with E-state index < -0.39 is 12.0 Å². The van der Waals surface area contributed by atoms with E-state index in [4.69, 9.17) is 4.74 Å². The highest BCUT2D eigenvalue weighted by Gasteiger charge is 2.39. The molecule has 2 unspecified atom stereocenters. The zero-order valence-electron chi connectivity index (χ0n) is 10.2. The van der Waals surface area contributed by atoms with Crippen LogP contribution in [0.5, 0.6) is 0 Å². The van der Waals surface area contributed by atoms with E-state index in [1.807, 2.05) is 0 Å². The first-order chi connectivity index (χ1) is 8.63. The zero-order valence-corrected chi connectivity index (χ0v) is 10.2. The van der Waals surface area contributed by atoms with Crippen LogP contribution in [0.1, 0.15) is 6.42 Å². The van der Waals surface area contributed by atoms with Gasteiger partial charge in [-0.2, -0.15) is 0 Å². The number of carbonyl (C=O) groups excluding carboxylic acids is 3. The van der Waals surface area contributed by atoms with Crippen LogP contribution in [0.4, 0.5) is 0 Å². The van der Waals surface area contributed by atoms with Crippen molar-refractivity contribution in [2.75, 3.05) is 33.4 Å². The smallest absolute Gasteiger partial charge is 0.331 e. The number of nitrogens with zero attached hydrogens (tertiary/aromatic N) is 1. The van der Waals surface area contributed by atoms with Crippen molar-refractivity contribution in [2.45, 2.75) is 12.5 Å². The summed E-state index contributed by atoms with van der Waals surface area (Å²) in [4.78, 5) is 36.4. The summed E-state index contributed by atoms with van der Waals surface area (Å²) < 4.78 is 9.85. The fourth-order valence-electron chi connectivity index (χ4n) is 2.21. The van der Waals surface area contributed by atoms with Crippen molar-refractivity contribution in [1.82, 2.24) is 10.2 Å². The Balaban J connectivity index is 2.06. The maximum absolute atomic E-state index is 12.2. The van der Waals surface area contributed by atoms with Gasteiger partial charge < -0.3 is 19.7 Å². The highest BCUT2D eigenvalue weighted by atomic mass is 16.5. The molecule has 0 aliphatic carbocycles. The fourth-order valence-corrected chi connectivity index (χ4v) is 2.21. The fraction of sp³-hybridized carbons (Fsp3) is 0.727. The lowest BCUT2D eigenvalue weighted by Crippen LogP contribution is -2.54. The quantitative estimate of drug-likeness (QED) is 0.609. The largest absolute Gasteiger partial charge is 0.467 e. The molecule has 0 saturated carbocycles. The van der Waals surface area contributed by atoms with Gasteiger partial charge in [-0.3, -0.25) is 9.59 Å². The first-order valence-corrected chi connectivity index (χ1v) is 5.86. The lowest BCUT2D eigenvalue weighted by Gasteiger charge is -2.34. The van der Waals surface area contributed by atoms with Crippen LogP contribution in [-0.2, 0) is 23.9 Å². The lowest BCUT2D eigenvalue weighted by molar-refractivity contribution is -0.162. The molecule has 7 heteroatoms. The van der Waals surface area contributed by atoms with E-state index in [9.17, 15) is 14.4 Å². The van der Waals surface area contributed by atoms with Crippen LogP contribution in [-0.4, -0.2) is 62.1 Å². The van der Waals surface area contributed by atoms with Crippen LogP contribution in [0.15, 0.2) is 0 Å². The van der Waals surface area contributed by atoms with Crippen molar-refractivity contribution >= 4 is 17.8 Å². The van der Waals surface area contributed by atoms with Crippen LogP contribution in [0.25, 0.3) is 0 Å². The number of esters is 1. The summed E-state index contributed by atoms with van der Waals surface area (Å²) in [5.74, 6) is -1.19. The Morgan fingerprint density at radius 2 is 2.28 bits per heavy atom. The molecule has 2 heterocycles. The molecular weight excluding hydrogens is 240 g/mol.